The Morgan fingerprint density at radius 3 is 2.43 bits per heavy atom. The first-order chi connectivity index (χ1) is 11.1. The first-order valence-electron chi connectivity index (χ1n) is 7.88. The molecule has 0 spiro atoms. The van der Waals surface area contributed by atoms with Crippen molar-refractivity contribution in [2.24, 2.45) is 16.8 Å². The van der Waals surface area contributed by atoms with E-state index in [0.29, 0.717) is 18.1 Å². The number of esters is 1. The van der Waals surface area contributed by atoms with Crippen LogP contribution >= 0.6 is 0 Å². The van der Waals surface area contributed by atoms with E-state index in [0.717, 1.165) is 43.9 Å². The highest BCUT2D eigenvalue weighted by atomic mass is 19.3. The molecule has 0 aliphatic heterocycles. The van der Waals surface area contributed by atoms with Gasteiger partial charge in [-0.3, -0.25) is 9.79 Å². The van der Waals surface area contributed by atoms with Crippen molar-refractivity contribution in [1.82, 2.24) is 0 Å². The number of hydrogen-bond donors (Lipinski definition) is 0. The first kappa shape index (κ1) is 17.3. The fourth-order valence-corrected chi connectivity index (χ4v) is 2.93. The molecule has 0 unspecified atom stereocenters. The Kier molecular flexibility index (Phi) is 6.44. The molecule has 124 valence electrons. The van der Waals surface area contributed by atoms with Gasteiger partial charge < -0.3 is 4.74 Å². The molecule has 2 rings (SSSR count). The van der Waals surface area contributed by atoms with Crippen molar-refractivity contribution in [3.05, 3.63) is 36.4 Å². The second kappa shape index (κ2) is 8.56. The number of ether oxygens (including phenoxy) is 1. The molecule has 1 aromatic rings. The van der Waals surface area contributed by atoms with Gasteiger partial charge in [-0.05, 0) is 81.5 Å². The number of carbonyl (C=O) groups excluding carboxylic acids is 1. The molecule has 3 nitrogen and oxygen atoms in total. The maximum absolute atomic E-state index is 12.2. The summed E-state index contributed by atoms with van der Waals surface area (Å²) in [6.45, 7) is 3.43. The van der Waals surface area contributed by atoms with E-state index in [-0.39, 0.29) is 11.9 Å². The first-order valence-corrected chi connectivity index (χ1v) is 7.88. The monoisotopic (exact) mass is 321 g/mol. The molecule has 0 heterocycles. The fraction of sp³-hybridized carbons (Fsp3) is 0.444. The van der Waals surface area contributed by atoms with Crippen molar-refractivity contribution in [2.45, 2.75) is 38.5 Å². The average molecular weight is 321 g/mol. The molecule has 1 fully saturated rings. The van der Waals surface area contributed by atoms with Crippen molar-refractivity contribution in [3.8, 4) is 5.75 Å². The third kappa shape index (κ3) is 5.58. The number of nitrogens with zero attached hydrogens (tertiary/aromatic N) is 1. The minimum atomic E-state index is -1.61. The number of hydrogen-bond acceptors (Lipinski definition) is 3. The number of benzene rings is 1. The van der Waals surface area contributed by atoms with Crippen LogP contribution in [0.5, 0.6) is 5.75 Å². The van der Waals surface area contributed by atoms with Crippen molar-refractivity contribution < 1.29 is 18.3 Å². The van der Waals surface area contributed by atoms with E-state index in [1.807, 2.05) is 0 Å². The van der Waals surface area contributed by atoms with Gasteiger partial charge in [-0.15, -0.1) is 0 Å². The van der Waals surface area contributed by atoms with Crippen LogP contribution in [0.4, 0.5) is 14.5 Å². The van der Waals surface area contributed by atoms with Crippen LogP contribution in [0.1, 0.15) is 38.5 Å². The molecule has 0 radical (unpaired) electrons. The number of carbonyl (C=O) groups is 1. The van der Waals surface area contributed by atoms with Crippen LogP contribution in [-0.2, 0) is 4.79 Å². The summed E-state index contributed by atoms with van der Waals surface area (Å²) in [7, 11) is 0. The van der Waals surface area contributed by atoms with E-state index in [1.165, 1.54) is 0 Å². The summed E-state index contributed by atoms with van der Waals surface area (Å²) in [5.74, 6) is 0.620. The molecular formula is C18H21F2NO2. The van der Waals surface area contributed by atoms with E-state index in [9.17, 15) is 13.6 Å². The van der Waals surface area contributed by atoms with Crippen molar-refractivity contribution in [3.63, 3.8) is 0 Å². The smallest absolute Gasteiger partial charge is 0.314 e. The second-order valence-electron chi connectivity index (χ2n) is 5.86. The maximum atomic E-state index is 12.2. The van der Waals surface area contributed by atoms with Gasteiger partial charge in [0.05, 0.1) is 11.6 Å². The average Bonchev–Trinajstić information content (AvgIpc) is 2.56. The molecule has 0 atom stereocenters. The van der Waals surface area contributed by atoms with E-state index in [2.05, 4.69) is 11.7 Å². The Balaban J connectivity index is 1.76. The zero-order valence-corrected chi connectivity index (χ0v) is 13.0. The van der Waals surface area contributed by atoms with Crippen LogP contribution in [0.2, 0.25) is 0 Å². The van der Waals surface area contributed by atoms with Gasteiger partial charge in [0.15, 0.2) is 0 Å². The van der Waals surface area contributed by atoms with E-state index >= 15 is 0 Å². The summed E-state index contributed by atoms with van der Waals surface area (Å²) in [5, 5.41) is 0. The highest BCUT2D eigenvalue weighted by Crippen LogP contribution is 2.33. The van der Waals surface area contributed by atoms with Gasteiger partial charge >= 0.3 is 5.97 Å². The normalized spacial score (nSPS) is 20.6. The van der Waals surface area contributed by atoms with Crippen LogP contribution in [0, 0.1) is 11.8 Å². The summed E-state index contributed by atoms with van der Waals surface area (Å²) in [6.07, 6.45) is 3.83. The van der Waals surface area contributed by atoms with Crippen molar-refractivity contribution in [1.29, 1.82) is 0 Å². The molecular weight excluding hydrogens is 300 g/mol. The van der Waals surface area contributed by atoms with Gasteiger partial charge in [-0.1, -0.05) is 0 Å². The lowest BCUT2D eigenvalue weighted by Gasteiger charge is -2.26. The minimum absolute atomic E-state index is 0.100. The van der Waals surface area contributed by atoms with Gasteiger partial charge in [0.2, 0.25) is 0 Å². The predicted octanol–water partition coefficient (Wildman–Crippen LogP) is 5.29. The lowest BCUT2D eigenvalue weighted by atomic mass is 9.80. The summed E-state index contributed by atoms with van der Waals surface area (Å²) >= 11 is 0. The largest absolute Gasteiger partial charge is 0.426 e. The topological polar surface area (TPSA) is 38.7 Å². The third-order valence-electron chi connectivity index (χ3n) is 4.29. The lowest BCUT2D eigenvalue weighted by Crippen LogP contribution is -2.25. The molecule has 1 aromatic carbocycles. The number of aliphatic imine (C=N–C) groups is 1. The number of allylic oxidation sites excluding steroid dienone is 1. The third-order valence-corrected chi connectivity index (χ3v) is 4.29. The Morgan fingerprint density at radius 2 is 1.87 bits per heavy atom. The van der Waals surface area contributed by atoms with E-state index in [4.69, 9.17) is 4.74 Å². The zero-order chi connectivity index (χ0) is 16.7. The number of halogens is 2. The molecule has 5 heteroatoms. The highest BCUT2D eigenvalue weighted by molar-refractivity contribution is 5.75. The maximum Gasteiger partial charge on any atom is 0.314 e. The minimum Gasteiger partial charge on any atom is -0.426 e. The number of rotatable bonds is 6. The van der Waals surface area contributed by atoms with Gasteiger partial charge in [0.1, 0.15) is 5.75 Å². The molecule has 0 saturated heterocycles. The van der Waals surface area contributed by atoms with Gasteiger partial charge in [0, 0.05) is 0 Å². The molecule has 0 amide bonds. The van der Waals surface area contributed by atoms with Crippen molar-refractivity contribution in [2.75, 3.05) is 0 Å². The van der Waals surface area contributed by atoms with Crippen LogP contribution in [0.15, 0.2) is 41.4 Å². The van der Waals surface area contributed by atoms with Crippen LogP contribution in [0.3, 0.4) is 0 Å². The predicted molar refractivity (Wildman–Crippen MR) is 86.3 cm³/mol. The quantitative estimate of drug-likeness (QED) is 0.405. The van der Waals surface area contributed by atoms with Crippen molar-refractivity contribution >= 4 is 18.4 Å². The lowest BCUT2D eigenvalue weighted by molar-refractivity contribution is -0.140. The van der Waals surface area contributed by atoms with Gasteiger partial charge in [-0.2, -0.15) is 8.78 Å². The fourth-order valence-electron chi connectivity index (χ4n) is 2.93. The van der Waals surface area contributed by atoms with Gasteiger partial charge in [-0.25, -0.2) is 0 Å². The van der Waals surface area contributed by atoms with E-state index < -0.39 is 6.08 Å². The van der Waals surface area contributed by atoms with Crippen LogP contribution < -0.4 is 4.74 Å². The highest BCUT2D eigenvalue weighted by Gasteiger charge is 2.27. The second-order valence-corrected chi connectivity index (χ2v) is 5.86. The molecule has 0 bridgehead atoms. The molecule has 1 aliphatic rings. The summed E-state index contributed by atoms with van der Waals surface area (Å²) in [4.78, 5) is 15.9. The summed E-state index contributed by atoms with van der Waals surface area (Å²) in [5.41, 5.74) is 0.726. The van der Waals surface area contributed by atoms with E-state index in [1.54, 1.807) is 24.3 Å². The summed E-state index contributed by atoms with van der Waals surface area (Å²) in [6, 6.07) is 6.88. The molecule has 1 saturated carbocycles. The SMILES string of the molecule is C=Nc1ccc(OC(=O)C2CCC(CCC=C(F)F)CC2)cc1. The Morgan fingerprint density at radius 1 is 1.22 bits per heavy atom. The molecule has 0 aromatic heterocycles. The Bertz CT molecular complexity index is 557. The Hall–Kier alpha value is -2.04. The Labute approximate surface area is 135 Å². The summed E-state index contributed by atoms with van der Waals surface area (Å²) < 4.78 is 29.4. The molecule has 1 aliphatic carbocycles. The standard InChI is InChI=1S/C18H21F2NO2/c1-21-15-9-11-16(12-10-15)23-18(22)14-7-5-13(6-8-14)3-2-4-17(19)20/h4,9-14H,1-3,5-8H2. The molecule has 0 N–H and O–H groups in total. The molecule has 23 heavy (non-hydrogen) atoms. The van der Waals surface area contributed by atoms with Crippen LogP contribution in [-0.4, -0.2) is 12.7 Å². The van der Waals surface area contributed by atoms with Gasteiger partial charge in [0.25, 0.3) is 6.08 Å². The zero-order valence-electron chi connectivity index (χ0n) is 13.0. The van der Waals surface area contributed by atoms with Crippen LogP contribution in [0.25, 0.3) is 0 Å².